The van der Waals surface area contributed by atoms with Gasteiger partial charge in [-0.05, 0) is 44.0 Å². The van der Waals surface area contributed by atoms with Crippen molar-refractivity contribution >= 4 is 5.97 Å². The van der Waals surface area contributed by atoms with Gasteiger partial charge >= 0.3 is 5.97 Å². The van der Waals surface area contributed by atoms with Gasteiger partial charge in [0.2, 0.25) is 0 Å². The van der Waals surface area contributed by atoms with E-state index in [-0.39, 0.29) is 19.1 Å². The Morgan fingerprint density at radius 1 is 1.35 bits per heavy atom. The maximum Gasteiger partial charge on any atom is 0.304 e. The fourth-order valence-corrected chi connectivity index (χ4v) is 1.99. The molecule has 112 valence electrons. The predicted molar refractivity (Wildman–Crippen MR) is 77.1 cm³/mol. The molecule has 3 N–H and O–H groups in total. The van der Waals surface area contributed by atoms with Crippen LogP contribution in [-0.4, -0.2) is 42.0 Å². The van der Waals surface area contributed by atoms with Crippen molar-refractivity contribution < 1.29 is 19.7 Å². The standard InChI is InChI=1S/C15H23NO4/c1-2-20-14-6-4-12(5-7-14)10-13(11-15(18)19)16-8-3-9-17/h4-7,13,16-17H,2-3,8-11H2,1H3,(H,18,19). The molecule has 0 aliphatic heterocycles. The van der Waals surface area contributed by atoms with Crippen molar-refractivity contribution in [1.29, 1.82) is 0 Å². The summed E-state index contributed by atoms with van der Waals surface area (Å²) in [6.45, 7) is 3.28. The van der Waals surface area contributed by atoms with E-state index in [0.29, 0.717) is 26.0 Å². The molecule has 1 aromatic rings. The van der Waals surface area contributed by atoms with E-state index in [4.69, 9.17) is 14.9 Å². The van der Waals surface area contributed by atoms with Crippen LogP contribution in [0.15, 0.2) is 24.3 Å². The molecule has 0 amide bonds. The molecule has 0 aliphatic carbocycles. The largest absolute Gasteiger partial charge is 0.494 e. The highest BCUT2D eigenvalue weighted by Gasteiger charge is 2.13. The number of carboxylic acid groups (broad SMARTS) is 1. The van der Waals surface area contributed by atoms with E-state index < -0.39 is 5.97 Å². The van der Waals surface area contributed by atoms with Gasteiger partial charge in [0, 0.05) is 12.6 Å². The lowest BCUT2D eigenvalue weighted by atomic mass is 10.0. The molecule has 0 aromatic heterocycles. The summed E-state index contributed by atoms with van der Waals surface area (Å²) >= 11 is 0. The summed E-state index contributed by atoms with van der Waals surface area (Å²) in [6, 6.07) is 7.56. The monoisotopic (exact) mass is 281 g/mol. The second-order valence-electron chi connectivity index (χ2n) is 4.61. The third kappa shape index (κ3) is 6.54. The molecule has 1 aromatic carbocycles. The first-order valence-electron chi connectivity index (χ1n) is 6.93. The second-order valence-corrected chi connectivity index (χ2v) is 4.61. The molecule has 1 atom stereocenters. The summed E-state index contributed by atoms with van der Waals surface area (Å²) in [4.78, 5) is 10.9. The number of aliphatic hydroxyl groups excluding tert-OH is 1. The smallest absolute Gasteiger partial charge is 0.304 e. The second kappa shape index (κ2) is 9.34. The Morgan fingerprint density at radius 3 is 2.60 bits per heavy atom. The molecule has 5 heteroatoms. The van der Waals surface area contributed by atoms with Crippen LogP contribution in [-0.2, 0) is 11.2 Å². The van der Waals surface area contributed by atoms with Crippen LogP contribution in [0.4, 0.5) is 0 Å². The summed E-state index contributed by atoms with van der Waals surface area (Å²) in [5.41, 5.74) is 1.07. The number of hydrogen-bond acceptors (Lipinski definition) is 4. The van der Waals surface area contributed by atoms with E-state index in [2.05, 4.69) is 5.32 Å². The van der Waals surface area contributed by atoms with E-state index in [0.717, 1.165) is 11.3 Å². The normalized spacial score (nSPS) is 12.1. The molecule has 0 aliphatic rings. The lowest BCUT2D eigenvalue weighted by Crippen LogP contribution is -2.34. The Kier molecular flexibility index (Phi) is 7.69. The molecule has 0 fully saturated rings. The molecule has 0 saturated carbocycles. The zero-order valence-corrected chi connectivity index (χ0v) is 11.8. The minimum Gasteiger partial charge on any atom is -0.494 e. The fraction of sp³-hybridized carbons (Fsp3) is 0.533. The topological polar surface area (TPSA) is 78.8 Å². The average molecular weight is 281 g/mol. The number of carbonyl (C=O) groups is 1. The minimum atomic E-state index is -0.822. The Hall–Kier alpha value is -1.59. The maximum atomic E-state index is 10.9. The Balaban J connectivity index is 2.55. The summed E-state index contributed by atoms with van der Waals surface area (Å²) in [5.74, 6) is -0.00305. The van der Waals surface area contributed by atoms with E-state index in [1.54, 1.807) is 0 Å². The summed E-state index contributed by atoms with van der Waals surface area (Å²) in [7, 11) is 0. The van der Waals surface area contributed by atoms with Crippen LogP contribution in [0.5, 0.6) is 5.75 Å². The molecule has 0 radical (unpaired) electrons. The number of nitrogens with one attached hydrogen (secondary N) is 1. The van der Waals surface area contributed by atoms with Crippen molar-refractivity contribution in [3.05, 3.63) is 29.8 Å². The van der Waals surface area contributed by atoms with Crippen molar-refractivity contribution in [2.75, 3.05) is 19.8 Å². The third-order valence-corrected chi connectivity index (χ3v) is 2.91. The zero-order chi connectivity index (χ0) is 14.8. The van der Waals surface area contributed by atoms with Crippen LogP contribution in [0.25, 0.3) is 0 Å². The van der Waals surface area contributed by atoms with Gasteiger partial charge in [-0.1, -0.05) is 12.1 Å². The summed E-state index contributed by atoms with van der Waals surface area (Å²) in [6.07, 6.45) is 1.34. The van der Waals surface area contributed by atoms with Crippen molar-refractivity contribution in [1.82, 2.24) is 5.32 Å². The van der Waals surface area contributed by atoms with E-state index in [9.17, 15) is 4.79 Å². The van der Waals surface area contributed by atoms with Gasteiger partial charge in [0.15, 0.2) is 0 Å². The highest BCUT2D eigenvalue weighted by molar-refractivity contribution is 5.67. The number of benzene rings is 1. The van der Waals surface area contributed by atoms with Gasteiger partial charge in [-0.2, -0.15) is 0 Å². The first kappa shape index (κ1) is 16.5. The molecule has 0 saturated heterocycles. The fourth-order valence-electron chi connectivity index (χ4n) is 1.99. The van der Waals surface area contributed by atoms with Gasteiger partial charge < -0.3 is 20.3 Å². The van der Waals surface area contributed by atoms with Crippen LogP contribution < -0.4 is 10.1 Å². The van der Waals surface area contributed by atoms with E-state index >= 15 is 0 Å². The molecule has 0 spiro atoms. The van der Waals surface area contributed by atoms with Crippen LogP contribution in [0.1, 0.15) is 25.3 Å². The lowest BCUT2D eigenvalue weighted by Gasteiger charge is -2.17. The average Bonchev–Trinajstić information content (AvgIpc) is 2.41. The van der Waals surface area contributed by atoms with Crippen molar-refractivity contribution in [3.8, 4) is 5.75 Å². The molecular formula is C15H23NO4. The van der Waals surface area contributed by atoms with E-state index in [1.807, 2.05) is 31.2 Å². The maximum absolute atomic E-state index is 10.9. The number of rotatable bonds is 10. The first-order valence-corrected chi connectivity index (χ1v) is 6.93. The van der Waals surface area contributed by atoms with Gasteiger partial charge in [0.05, 0.1) is 13.0 Å². The summed E-state index contributed by atoms with van der Waals surface area (Å²) < 4.78 is 5.37. The highest BCUT2D eigenvalue weighted by atomic mass is 16.5. The molecule has 1 rings (SSSR count). The molecule has 1 unspecified atom stereocenters. The number of carboxylic acids is 1. The molecular weight excluding hydrogens is 258 g/mol. The van der Waals surface area contributed by atoms with Gasteiger partial charge in [0.1, 0.15) is 5.75 Å². The number of aliphatic carboxylic acids is 1. The number of ether oxygens (including phenoxy) is 1. The number of aliphatic hydroxyl groups is 1. The predicted octanol–water partition coefficient (Wildman–Crippen LogP) is 1.44. The van der Waals surface area contributed by atoms with Gasteiger partial charge in [-0.3, -0.25) is 4.79 Å². The SMILES string of the molecule is CCOc1ccc(CC(CC(=O)O)NCCCO)cc1. The molecule has 5 nitrogen and oxygen atoms in total. The highest BCUT2D eigenvalue weighted by Crippen LogP contribution is 2.14. The Bertz CT molecular complexity index is 391. The zero-order valence-electron chi connectivity index (χ0n) is 11.8. The van der Waals surface area contributed by atoms with Gasteiger partial charge in [0.25, 0.3) is 0 Å². The first-order chi connectivity index (χ1) is 9.65. The molecule has 20 heavy (non-hydrogen) atoms. The van der Waals surface area contributed by atoms with Crippen LogP contribution >= 0.6 is 0 Å². The van der Waals surface area contributed by atoms with Crippen molar-refractivity contribution in [3.63, 3.8) is 0 Å². The number of hydrogen-bond donors (Lipinski definition) is 3. The summed E-state index contributed by atoms with van der Waals surface area (Å²) in [5, 5.41) is 20.9. The molecule has 0 bridgehead atoms. The van der Waals surface area contributed by atoms with Crippen LogP contribution in [0.3, 0.4) is 0 Å². The van der Waals surface area contributed by atoms with Crippen LogP contribution in [0.2, 0.25) is 0 Å². The molecule has 0 heterocycles. The van der Waals surface area contributed by atoms with Gasteiger partial charge in [-0.15, -0.1) is 0 Å². The van der Waals surface area contributed by atoms with Crippen molar-refractivity contribution in [2.45, 2.75) is 32.2 Å². The van der Waals surface area contributed by atoms with Crippen LogP contribution in [0, 0.1) is 0 Å². The minimum absolute atomic E-state index is 0.0681. The lowest BCUT2D eigenvalue weighted by molar-refractivity contribution is -0.137. The van der Waals surface area contributed by atoms with E-state index in [1.165, 1.54) is 0 Å². The third-order valence-electron chi connectivity index (χ3n) is 2.91. The Morgan fingerprint density at radius 2 is 2.05 bits per heavy atom. The Labute approximate surface area is 119 Å². The van der Waals surface area contributed by atoms with Crippen molar-refractivity contribution in [2.24, 2.45) is 0 Å². The quantitative estimate of drug-likeness (QED) is 0.566. The van der Waals surface area contributed by atoms with Gasteiger partial charge in [-0.25, -0.2) is 0 Å².